The van der Waals surface area contributed by atoms with Gasteiger partial charge in [-0.2, -0.15) is 22.0 Å². The molecule has 212 valence electrons. The molecule has 1 nitrogen and oxygen atoms in total. The molecule has 0 atom stereocenters. The van der Waals surface area contributed by atoms with Crippen LogP contribution in [0.3, 0.4) is 0 Å². The van der Waals surface area contributed by atoms with Crippen LogP contribution in [-0.4, -0.2) is 0 Å². The van der Waals surface area contributed by atoms with Crippen molar-refractivity contribution in [3.8, 4) is 5.75 Å². The summed E-state index contributed by atoms with van der Waals surface area (Å²) in [7, 11) is 0. The number of rotatable bonds is 7. The molecule has 0 spiro atoms. The molecule has 0 saturated carbocycles. The Hall–Kier alpha value is -4.09. The maximum Gasteiger partial charge on any atom is 0.432 e. The first-order chi connectivity index (χ1) is 18.5. The van der Waals surface area contributed by atoms with Crippen molar-refractivity contribution in [2.75, 3.05) is 0 Å². The topological polar surface area (TPSA) is 9.23 Å². The fourth-order valence-corrected chi connectivity index (χ4v) is 3.63. The van der Waals surface area contributed by atoms with E-state index in [4.69, 9.17) is 0 Å². The van der Waals surface area contributed by atoms with Gasteiger partial charge in [-0.1, -0.05) is 24.8 Å². The highest BCUT2D eigenvalue weighted by Gasteiger charge is 2.43. The maximum atomic E-state index is 15.0. The second-order valence-corrected chi connectivity index (χ2v) is 8.45. The highest BCUT2D eigenvalue weighted by molar-refractivity contribution is 5.79. The monoisotopic (exact) mass is 578 g/mol. The predicted octanol–water partition coefficient (Wildman–Crippen LogP) is 9.81. The molecule has 0 heterocycles. The van der Waals surface area contributed by atoms with E-state index in [2.05, 4.69) is 11.3 Å². The number of alkyl halides is 5. The zero-order valence-corrected chi connectivity index (χ0v) is 20.5. The Balaban J connectivity index is 1.99. The molecule has 40 heavy (non-hydrogen) atoms. The molecular weight excluding hydrogens is 561 g/mol. The van der Waals surface area contributed by atoms with Crippen molar-refractivity contribution >= 4 is 11.1 Å². The van der Waals surface area contributed by atoms with Gasteiger partial charge in [-0.25, -0.2) is 26.3 Å². The second-order valence-electron chi connectivity index (χ2n) is 8.45. The molecule has 0 aromatic heterocycles. The minimum absolute atomic E-state index is 0.0378. The lowest BCUT2D eigenvalue weighted by Gasteiger charge is -2.21. The van der Waals surface area contributed by atoms with Crippen LogP contribution < -0.4 is 4.74 Å². The average molecular weight is 578 g/mol. The quantitative estimate of drug-likeness (QED) is 0.200. The smallest absolute Gasteiger partial charge is 0.429 e. The van der Waals surface area contributed by atoms with Gasteiger partial charge in [-0.05, 0) is 60.4 Å². The summed E-state index contributed by atoms with van der Waals surface area (Å²) in [5, 5.41) is 0. The van der Waals surface area contributed by atoms with Gasteiger partial charge in [0.15, 0.2) is 0 Å². The van der Waals surface area contributed by atoms with Crippen molar-refractivity contribution in [2.24, 2.45) is 0 Å². The van der Waals surface area contributed by atoms with Crippen LogP contribution in [0.25, 0.3) is 11.1 Å². The Labute approximate surface area is 220 Å². The molecular formula is C28H17F11O. The number of allylic oxidation sites excluding steroid dienone is 5. The summed E-state index contributed by atoms with van der Waals surface area (Å²) in [6, 6.07) is 4.24. The lowest BCUT2D eigenvalue weighted by molar-refractivity contribution is -0.189. The molecule has 12 heteroatoms. The number of ether oxygens (including phenoxy) is 1. The lowest BCUT2D eigenvalue weighted by atomic mass is 9.99. The van der Waals surface area contributed by atoms with E-state index in [0.717, 1.165) is 19.1 Å². The van der Waals surface area contributed by atoms with Gasteiger partial charge in [-0.3, -0.25) is 0 Å². The van der Waals surface area contributed by atoms with Crippen molar-refractivity contribution in [2.45, 2.75) is 26.1 Å². The molecule has 3 aromatic rings. The van der Waals surface area contributed by atoms with E-state index in [0.29, 0.717) is 17.7 Å². The SMILES string of the molecule is C=C/C(=C\C(F)=C(/C)c1cc(F)c(C(F)(F)Oc2cc(F)c(C(F)(F)F)c(F)c2)c(F)c1)c1ccc(C)cc1F. The first kappa shape index (κ1) is 30.5. The minimum Gasteiger partial charge on any atom is -0.429 e. The van der Waals surface area contributed by atoms with E-state index in [9.17, 15) is 48.3 Å². The minimum atomic E-state index is -5.50. The fraction of sp³-hybridized carbons (Fsp3) is 0.143. The summed E-state index contributed by atoms with van der Waals surface area (Å²) in [4.78, 5) is 0. The van der Waals surface area contributed by atoms with Crippen LogP contribution in [0.15, 0.2) is 67.0 Å². The van der Waals surface area contributed by atoms with Crippen molar-refractivity contribution < 1.29 is 53.0 Å². The Bertz CT molecular complexity index is 1490. The number of benzene rings is 3. The highest BCUT2D eigenvalue weighted by Crippen LogP contribution is 2.40. The molecule has 0 aliphatic rings. The molecule has 0 fully saturated rings. The highest BCUT2D eigenvalue weighted by atomic mass is 19.4. The summed E-state index contributed by atoms with van der Waals surface area (Å²) >= 11 is 0. The molecule has 0 N–H and O–H groups in total. The lowest BCUT2D eigenvalue weighted by Crippen LogP contribution is -2.26. The molecule has 0 saturated heterocycles. The van der Waals surface area contributed by atoms with E-state index in [1.807, 2.05) is 0 Å². The van der Waals surface area contributed by atoms with Gasteiger partial charge in [0.05, 0.1) is 0 Å². The summed E-state index contributed by atoms with van der Waals surface area (Å²) in [5.41, 5.74) is -4.94. The van der Waals surface area contributed by atoms with Crippen LogP contribution >= 0.6 is 0 Å². The molecule has 3 aromatic carbocycles. The van der Waals surface area contributed by atoms with E-state index < -0.39 is 75.2 Å². The number of halogens is 11. The molecule has 0 bridgehead atoms. The molecule has 3 rings (SSSR count). The van der Waals surface area contributed by atoms with Crippen LogP contribution in [0.5, 0.6) is 5.75 Å². The summed E-state index contributed by atoms with van der Waals surface area (Å²) in [6.45, 7) is 6.14. The van der Waals surface area contributed by atoms with Gasteiger partial charge in [-0.15, -0.1) is 0 Å². The second kappa shape index (κ2) is 11.2. The molecule has 0 aliphatic heterocycles. The number of hydrogen-bond acceptors (Lipinski definition) is 1. The molecule has 0 amide bonds. The van der Waals surface area contributed by atoms with Crippen LogP contribution in [0.1, 0.15) is 34.7 Å². The van der Waals surface area contributed by atoms with E-state index in [1.54, 1.807) is 13.0 Å². The number of hydrogen-bond donors (Lipinski definition) is 0. The molecule has 0 radical (unpaired) electrons. The average Bonchev–Trinajstić information content (AvgIpc) is 2.79. The third-order valence-electron chi connectivity index (χ3n) is 5.61. The predicted molar refractivity (Wildman–Crippen MR) is 125 cm³/mol. The van der Waals surface area contributed by atoms with Crippen molar-refractivity contribution in [3.05, 3.63) is 124 Å². The zero-order chi connectivity index (χ0) is 30.2. The summed E-state index contributed by atoms with van der Waals surface area (Å²) in [5.74, 6) is -11.9. The van der Waals surface area contributed by atoms with Gasteiger partial charge < -0.3 is 4.74 Å². The van der Waals surface area contributed by atoms with Crippen LogP contribution in [-0.2, 0) is 12.3 Å². The Morgan fingerprint density at radius 3 is 1.77 bits per heavy atom. The Kier molecular flexibility index (Phi) is 8.51. The van der Waals surface area contributed by atoms with Gasteiger partial charge in [0.25, 0.3) is 0 Å². The standard InChI is InChI=1S/C28H17F11O/c1-4-15(18-6-5-13(2)7-20(18)30)8-19(29)14(3)16-9-21(31)26(22(32)10-16)28(38,39)40-17-11-23(33)25(24(34)12-17)27(35,36)37/h4-12H,1H2,2-3H3/b15-8+,19-14-. The van der Waals surface area contributed by atoms with Crippen LogP contribution in [0.4, 0.5) is 48.3 Å². The van der Waals surface area contributed by atoms with Gasteiger partial charge in [0, 0.05) is 17.7 Å². The zero-order valence-electron chi connectivity index (χ0n) is 20.5. The van der Waals surface area contributed by atoms with E-state index in [-0.39, 0.29) is 23.3 Å². The summed E-state index contributed by atoms with van der Waals surface area (Å²) < 4.78 is 157. The van der Waals surface area contributed by atoms with Gasteiger partial charge in [0.2, 0.25) is 0 Å². The first-order valence-electron chi connectivity index (χ1n) is 11.1. The van der Waals surface area contributed by atoms with Crippen molar-refractivity contribution in [3.63, 3.8) is 0 Å². The van der Waals surface area contributed by atoms with Crippen molar-refractivity contribution in [1.29, 1.82) is 0 Å². The third-order valence-corrected chi connectivity index (χ3v) is 5.61. The number of aryl methyl sites for hydroxylation is 1. The Morgan fingerprint density at radius 2 is 1.30 bits per heavy atom. The first-order valence-corrected chi connectivity index (χ1v) is 11.1. The molecule has 0 unspecified atom stereocenters. The van der Waals surface area contributed by atoms with Gasteiger partial charge in [0.1, 0.15) is 51.8 Å². The van der Waals surface area contributed by atoms with Gasteiger partial charge >= 0.3 is 12.3 Å². The van der Waals surface area contributed by atoms with Crippen LogP contribution in [0.2, 0.25) is 0 Å². The van der Waals surface area contributed by atoms with E-state index in [1.165, 1.54) is 12.1 Å². The maximum absolute atomic E-state index is 15.0. The van der Waals surface area contributed by atoms with Crippen LogP contribution in [0, 0.1) is 36.0 Å². The summed E-state index contributed by atoms with van der Waals surface area (Å²) in [6.07, 6.45) is -8.54. The largest absolute Gasteiger partial charge is 0.432 e. The fourth-order valence-electron chi connectivity index (χ4n) is 3.63. The normalized spacial score (nSPS) is 13.3. The Morgan fingerprint density at radius 1 is 0.775 bits per heavy atom. The van der Waals surface area contributed by atoms with E-state index >= 15 is 0 Å². The van der Waals surface area contributed by atoms with Crippen molar-refractivity contribution in [1.82, 2.24) is 0 Å². The third kappa shape index (κ3) is 6.37. The molecule has 0 aliphatic carbocycles.